The Morgan fingerprint density at radius 2 is 2.30 bits per heavy atom. The van der Waals surface area contributed by atoms with Crippen molar-refractivity contribution in [3.8, 4) is 0 Å². The molecule has 0 saturated carbocycles. The van der Waals surface area contributed by atoms with Crippen LogP contribution < -0.4 is 0 Å². The SMILES string of the molecule is CCCc1nn(C)c2c1[nH]c(=S)n2C1CC2CCC1O2. The first-order valence-electron chi connectivity index (χ1n) is 7.50. The molecular weight excluding hydrogens is 272 g/mol. The van der Waals surface area contributed by atoms with E-state index in [0.29, 0.717) is 18.2 Å². The molecule has 3 unspecified atom stereocenters. The van der Waals surface area contributed by atoms with E-state index in [4.69, 9.17) is 17.0 Å². The van der Waals surface area contributed by atoms with Crippen LogP contribution in [0.3, 0.4) is 0 Å². The first kappa shape index (κ1) is 12.6. The fraction of sp³-hybridized carbons (Fsp3) is 0.714. The Bertz CT molecular complexity index is 713. The van der Waals surface area contributed by atoms with Gasteiger partial charge in [0.15, 0.2) is 10.4 Å². The summed E-state index contributed by atoms with van der Waals surface area (Å²) in [5, 5.41) is 4.65. The van der Waals surface area contributed by atoms with Crippen LogP contribution >= 0.6 is 12.2 Å². The quantitative estimate of drug-likeness (QED) is 0.885. The van der Waals surface area contributed by atoms with Crippen molar-refractivity contribution in [2.45, 2.75) is 57.3 Å². The number of aromatic nitrogens is 4. The van der Waals surface area contributed by atoms with E-state index in [-0.39, 0.29) is 0 Å². The summed E-state index contributed by atoms with van der Waals surface area (Å²) in [5.74, 6) is 0. The minimum absolute atomic E-state index is 0.329. The lowest BCUT2D eigenvalue weighted by Crippen LogP contribution is -2.21. The summed E-state index contributed by atoms with van der Waals surface area (Å²) in [4.78, 5) is 3.38. The number of aryl methyl sites for hydroxylation is 2. The van der Waals surface area contributed by atoms with Gasteiger partial charge in [0, 0.05) is 7.05 Å². The van der Waals surface area contributed by atoms with Crippen molar-refractivity contribution < 1.29 is 4.74 Å². The molecule has 0 radical (unpaired) electrons. The lowest BCUT2D eigenvalue weighted by Gasteiger charge is -2.20. The van der Waals surface area contributed by atoms with Crippen LogP contribution in [-0.2, 0) is 18.2 Å². The number of imidazole rings is 1. The Kier molecular flexibility index (Phi) is 2.79. The van der Waals surface area contributed by atoms with E-state index in [0.717, 1.165) is 47.3 Å². The zero-order valence-electron chi connectivity index (χ0n) is 11.9. The molecule has 0 amide bonds. The lowest BCUT2D eigenvalue weighted by atomic mass is 9.95. The number of nitrogens with one attached hydrogen (secondary N) is 1. The topological polar surface area (TPSA) is 47.8 Å². The van der Waals surface area contributed by atoms with Crippen molar-refractivity contribution in [2.75, 3.05) is 0 Å². The highest BCUT2D eigenvalue weighted by Crippen LogP contribution is 2.43. The number of H-pyrrole nitrogens is 1. The maximum Gasteiger partial charge on any atom is 0.179 e. The monoisotopic (exact) mass is 292 g/mol. The van der Waals surface area contributed by atoms with Gasteiger partial charge in [-0.3, -0.25) is 9.25 Å². The molecule has 6 heteroatoms. The minimum atomic E-state index is 0.329. The predicted octanol–water partition coefficient (Wildman–Crippen LogP) is 2.88. The van der Waals surface area contributed by atoms with Crippen molar-refractivity contribution in [1.29, 1.82) is 0 Å². The molecule has 0 spiro atoms. The molecule has 4 rings (SSSR count). The van der Waals surface area contributed by atoms with E-state index in [1.54, 1.807) is 0 Å². The fourth-order valence-electron chi connectivity index (χ4n) is 3.84. The molecule has 0 aliphatic carbocycles. The Morgan fingerprint density at radius 3 is 2.95 bits per heavy atom. The van der Waals surface area contributed by atoms with Crippen LogP contribution in [0.15, 0.2) is 0 Å². The Morgan fingerprint density at radius 1 is 1.45 bits per heavy atom. The molecule has 2 fully saturated rings. The Labute approximate surface area is 122 Å². The summed E-state index contributed by atoms with van der Waals surface area (Å²) in [6.07, 6.45) is 6.28. The van der Waals surface area contributed by atoms with Gasteiger partial charge in [-0.1, -0.05) is 13.3 Å². The second-order valence-electron chi connectivity index (χ2n) is 6.00. The van der Waals surface area contributed by atoms with Crippen LogP contribution in [0.25, 0.3) is 11.2 Å². The molecule has 2 aliphatic rings. The van der Waals surface area contributed by atoms with Gasteiger partial charge in [-0.05, 0) is 37.9 Å². The molecule has 2 aromatic rings. The van der Waals surface area contributed by atoms with E-state index < -0.39 is 0 Å². The summed E-state index contributed by atoms with van der Waals surface area (Å²) in [5.41, 5.74) is 3.36. The maximum absolute atomic E-state index is 6.00. The van der Waals surface area contributed by atoms with Gasteiger partial charge in [-0.2, -0.15) is 5.10 Å². The number of nitrogens with zero attached hydrogens (tertiary/aromatic N) is 3. The number of rotatable bonds is 3. The van der Waals surface area contributed by atoms with Gasteiger partial charge < -0.3 is 9.72 Å². The van der Waals surface area contributed by atoms with Gasteiger partial charge in [0.1, 0.15) is 5.52 Å². The van der Waals surface area contributed by atoms with Gasteiger partial charge in [0.05, 0.1) is 23.9 Å². The Balaban J connectivity index is 1.87. The van der Waals surface area contributed by atoms with Gasteiger partial charge in [-0.25, -0.2) is 0 Å². The highest BCUT2D eigenvalue weighted by Gasteiger charge is 2.43. The molecule has 2 saturated heterocycles. The van der Waals surface area contributed by atoms with Crippen molar-refractivity contribution in [3.05, 3.63) is 10.5 Å². The number of fused-ring (bicyclic) bond motifs is 3. The zero-order chi connectivity index (χ0) is 13.9. The second kappa shape index (κ2) is 4.43. The van der Waals surface area contributed by atoms with E-state index in [9.17, 15) is 0 Å². The third-order valence-corrected chi connectivity index (χ3v) is 4.96. The molecule has 20 heavy (non-hydrogen) atoms. The summed E-state index contributed by atoms with van der Waals surface area (Å²) < 4.78 is 11.0. The number of hydrogen-bond acceptors (Lipinski definition) is 3. The van der Waals surface area contributed by atoms with Crippen LogP contribution in [0.1, 0.15) is 44.3 Å². The fourth-order valence-corrected chi connectivity index (χ4v) is 4.16. The standard InChI is InChI=1S/C14H20N4OS/c1-3-4-9-12-13(17(2)16-9)18(14(20)15-12)10-7-8-5-6-11(10)19-8/h8,10-11H,3-7H2,1-2H3,(H,15,20). The molecule has 2 aromatic heterocycles. The van der Waals surface area contributed by atoms with Crippen LogP contribution in [0.5, 0.6) is 0 Å². The highest BCUT2D eigenvalue weighted by atomic mass is 32.1. The van der Waals surface area contributed by atoms with Crippen molar-refractivity contribution in [1.82, 2.24) is 19.3 Å². The van der Waals surface area contributed by atoms with Crippen molar-refractivity contribution >= 4 is 23.4 Å². The van der Waals surface area contributed by atoms with Crippen LogP contribution in [0.4, 0.5) is 0 Å². The average molecular weight is 292 g/mol. The first-order valence-corrected chi connectivity index (χ1v) is 7.91. The minimum Gasteiger partial charge on any atom is -0.373 e. The molecule has 1 N–H and O–H groups in total. The van der Waals surface area contributed by atoms with Crippen molar-refractivity contribution in [2.24, 2.45) is 7.05 Å². The van der Waals surface area contributed by atoms with Crippen LogP contribution in [-0.4, -0.2) is 31.5 Å². The summed E-state index contributed by atoms with van der Waals surface area (Å²) in [6, 6.07) is 0.375. The van der Waals surface area contributed by atoms with Gasteiger partial charge in [0.25, 0.3) is 0 Å². The van der Waals surface area contributed by atoms with E-state index in [1.165, 1.54) is 6.42 Å². The molecule has 108 valence electrons. The number of hydrogen-bond donors (Lipinski definition) is 1. The average Bonchev–Trinajstić information content (AvgIpc) is 3.13. The van der Waals surface area contributed by atoms with E-state index in [2.05, 4.69) is 21.6 Å². The first-order chi connectivity index (χ1) is 9.69. The molecule has 2 aliphatic heterocycles. The maximum atomic E-state index is 6.00. The number of aromatic amines is 1. The van der Waals surface area contributed by atoms with Gasteiger partial charge in [0.2, 0.25) is 0 Å². The Hall–Kier alpha value is -1.14. The van der Waals surface area contributed by atoms with E-state index in [1.807, 2.05) is 11.7 Å². The smallest absolute Gasteiger partial charge is 0.179 e. The lowest BCUT2D eigenvalue weighted by molar-refractivity contribution is 0.0940. The van der Waals surface area contributed by atoms with Crippen molar-refractivity contribution in [3.63, 3.8) is 0 Å². The van der Waals surface area contributed by atoms with E-state index >= 15 is 0 Å². The van der Waals surface area contributed by atoms with Crippen LogP contribution in [0, 0.1) is 4.77 Å². The van der Waals surface area contributed by atoms with Gasteiger partial charge >= 0.3 is 0 Å². The predicted molar refractivity (Wildman–Crippen MR) is 79.4 cm³/mol. The summed E-state index contributed by atoms with van der Waals surface area (Å²) in [7, 11) is 2.01. The molecule has 3 atom stereocenters. The second-order valence-corrected chi connectivity index (χ2v) is 6.38. The van der Waals surface area contributed by atoms with Gasteiger partial charge in [-0.15, -0.1) is 0 Å². The highest BCUT2D eigenvalue weighted by molar-refractivity contribution is 7.71. The molecular formula is C14H20N4OS. The normalized spacial score (nSPS) is 28.8. The zero-order valence-corrected chi connectivity index (χ0v) is 12.7. The number of ether oxygens (including phenoxy) is 1. The molecule has 2 bridgehead atoms. The molecule has 5 nitrogen and oxygen atoms in total. The summed E-state index contributed by atoms with van der Waals surface area (Å²) >= 11 is 5.57. The molecule has 0 aromatic carbocycles. The van der Waals surface area contributed by atoms with Crippen LogP contribution in [0.2, 0.25) is 0 Å². The molecule has 4 heterocycles. The third-order valence-electron chi connectivity index (χ3n) is 4.66. The largest absolute Gasteiger partial charge is 0.373 e. The third kappa shape index (κ3) is 1.64. The summed E-state index contributed by atoms with van der Waals surface area (Å²) in [6.45, 7) is 2.18.